The van der Waals surface area contributed by atoms with Gasteiger partial charge in [0.25, 0.3) is 0 Å². The summed E-state index contributed by atoms with van der Waals surface area (Å²) in [6.45, 7) is 3.28. The number of halogens is 1. The standard InChI is InChI=1S/C8H6INO2/c1-2-12-8(11)6-3-7(9)5-10-4-6/h2-5H,1H2. The fourth-order valence-corrected chi connectivity index (χ4v) is 1.16. The van der Waals surface area contributed by atoms with Crippen molar-refractivity contribution < 1.29 is 9.53 Å². The molecule has 0 unspecified atom stereocenters. The van der Waals surface area contributed by atoms with Gasteiger partial charge in [0.2, 0.25) is 0 Å². The van der Waals surface area contributed by atoms with Crippen LogP contribution >= 0.6 is 22.6 Å². The first-order chi connectivity index (χ1) is 5.74. The van der Waals surface area contributed by atoms with E-state index in [1.54, 1.807) is 12.3 Å². The Morgan fingerprint density at radius 3 is 3.00 bits per heavy atom. The minimum atomic E-state index is -0.434. The van der Waals surface area contributed by atoms with Crippen molar-refractivity contribution in [3.8, 4) is 0 Å². The first-order valence-corrected chi connectivity index (χ1v) is 4.24. The Morgan fingerprint density at radius 1 is 1.67 bits per heavy atom. The Bertz CT molecular complexity index is 312. The van der Waals surface area contributed by atoms with Crippen LogP contribution in [0.15, 0.2) is 31.3 Å². The molecule has 0 aliphatic rings. The van der Waals surface area contributed by atoms with Crippen LogP contribution < -0.4 is 0 Å². The number of carbonyl (C=O) groups excluding carboxylic acids is 1. The number of carbonyl (C=O) groups is 1. The number of esters is 1. The van der Waals surface area contributed by atoms with E-state index in [1.165, 1.54) is 6.20 Å². The van der Waals surface area contributed by atoms with Crippen molar-refractivity contribution >= 4 is 28.6 Å². The van der Waals surface area contributed by atoms with Gasteiger partial charge in [0.05, 0.1) is 11.8 Å². The normalized spacial score (nSPS) is 9.08. The van der Waals surface area contributed by atoms with Gasteiger partial charge < -0.3 is 4.74 Å². The molecule has 1 aromatic rings. The molecule has 0 aliphatic heterocycles. The van der Waals surface area contributed by atoms with Crippen LogP contribution in [-0.4, -0.2) is 11.0 Å². The molecule has 0 saturated heterocycles. The van der Waals surface area contributed by atoms with Crippen LogP contribution in [0.25, 0.3) is 0 Å². The van der Waals surface area contributed by atoms with Crippen LogP contribution in [0.1, 0.15) is 10.4 Å². The monoisotopic (exact) mass is 275 g/mol. The van der Waals surface area contributed by atoms with Crippen LogP contribution in [0, 0.1) is 3.57 Å². The SMILES string of the molecule is C=COC(=O)c1cncc(I)c1. The smallest absolute Gasteiger partial charge is 0.344 e. The Hall–Kier alpha value is -0.910. The van der Waals surface area contributed by atoms with Crippen molar-refractivity contribution in [2.45, 2.75) is 0 Å². The predicted molar refractivity (Wildman–Crippen MR) is 52.6 cm³/mol. The van der Waals surface area contributed by atoms with E-state index in [9.17, 15) is 4.79 Å². The van der Waals surface area contributed by atoms with Crippen LogP contribution in [0.5, 0.6) is 0 Å². The molecule has 1 rings (SSSR count). The van der Waals surface area contributed by atoms with Crippen molar-refractivity contribution in [2.75, 3.05) is 0 Å². The second-order valence-corrected chi connectivity index (χ2v) is 3.21. The fraction of sp³-hybridized carbons (Fsp3) is 0. The van der Waals surface area contributed by atoms with E-state index in [4.69, 9.17) is 0 Å². The highest BCUT2D eigenvalue weighted by Gasteiger charge is 2.05. The molecule has 0 bridgehead atoms. The van der Waals surface area contributed by atoms with Gasteiger partial charge in [-0.3, -0.25) is 4.98 Å². The molecule has 12 heavy (non-hydrogen) atoms. The molecule has 0 aromatic carbocycles. The summed E-state index contributed by atoms with van der Waals surface area (Å²) in [5, 5.41) is 0. The number of pyridine rings is 1. The Labute approximate surface area is 83.6 Å². The van der Waals surface area contributed by atoms with E-state index in [0.29, 0.717) is 5.56 Å². The lowest BCUT2D eigenvalue weighted by atomic mass is 10.3. The summed E-state index contributed by atoms with van der Waals surface area (Å²) in [7, 11) is 0. The van der Waals surface area contributed by atoms with Gasteiger partial charge in [0.1, 0.15) is 0 Å². The van der Waals surface area contributed by atoms with Gasteiger partial charge in [-0.25, -0.2) is 4.79 Å². The molecule has 62 valence electrons. The average molecular weight is 275 g/mol. The highest BCUT2D eigenvalue weighted by atomic mass is 127. The largest absolute Gasteiger partial charge is 0.431 e. The third-order valence-electron chi connectivity index (χ3n) is 1.13. The van der Waals surface area contributed by atoms with Gasteiger partial charge in [-0.1, -0.05) is 6.58 Å². The molecule has 1 aromatic heterocycles. The fourth-order valence-electron chi connectivity index (χ4n) is 0.667. The molecule has 1 heterocycles. The zero-order valence-corrected chi connectivity index (χ0v) is 8.32. The van der Waals surface area contributed by atoms with Crippen LogP contribution in [-0.2, 0) is 4.74 Å². The molecule has 0 radical (unpaired) electrons. The van der Waals surface area contributed by atoms with Crippen molar-refractivity contribution in [1.29, 1.82) is 0 Å². The molecule has 0 saturated carbocycles. The number of hydrogen-bond acceptors (Lipinski definition) is 3. The minimum absolute atomic E-state index is 0.432. The minimum Gasteiger partial charge on any atom is -0.431 e. The van der Waals surface area contributed by atoms with Gasteiger partial charge in [0.15, 0.2) is 0 Å². The lowest BCUT2D eigenvalue weighted by Gasteiger charge is -1.97. The molecule has 0 fully saturated rings. The average Bonchev–Trinajstić information content (AvgIpc) is 2.05. The van der Waals surface area contributed by atoms with Crippen molar-refractivity contribution in [2.24, 2.45) is 0 Å². The number of nitrogens with zero attached hydrogens (tertiary/aromatic N) is 1. The molecule has 0 amide bonds. The van der Waals surface area contributed by atoms with Crippen LogP contribution in [0.4, 0.5) is 0 Å². The maximum absolute atomic E-state index is 11.1. The lowest BCUT2D eigenvalue weighted by Crippen LogP contribution is -2.00. The van der Waals surface area contributed by atoms with Crippen molar-refractivity contribution in [1.82, 2.24) is 4.98 Å². The summed E-state index contributed by atoms with van der Waals surface area (Å²) in [4.78, 5) is 14.9. The maximum atomic E-state index is 11.1. The number of rotatable bonds is 2. The molecule has 0 aliphatic carbocycles. The van der Waals surface area contributed by atoms with Gasteiger partial charge in [-0.05, 0) is 28.7 Å². The van der Waals surface area contributed by atoms with E-state index >= 15 is 0 Å². The Kier molecular flexibility index (Phi) is 3.21. The molecular weight excluding hydrogens is 269 g/mol. The Morgan fingerprint density at radius 2 is 2.42 bits per heavy atom. The summed E-state index contributed by atoms with van der Waals surface area (Å²) in [6.07, 6.45) is 4.21. The predicted octanol–water partition coefficient (Wildman–Crippen LogP) is 1.99. The molecule has 0 spiro atoms. The summed E-state index contributed by atoms with van der Waals surface area (Å²) >= 11 is 2.07. The van der Waals surface area contributed by atoms with Gasteiger partial charge >= 0.3 is 5.97 Å². The first kappa shape index (κ1) is 9.18. The van der Waals surface area contributed by atoms with E-state index in [0.717, 1.165) is 9.83 Å². The number of ether oxygens (including phenoxy) is 1. The molecule has 4 heteroatoms. The second kappa shape index (κ2) is 4.20. The zero-order chi connectivity index (χ0) is 8.97. The quantitative estimate of drug-likeness (QED) is 0.470. The molecular formula is C8H6INO2. The number of aromatic nitrogens is 1. The van der Waals surface area contributed by atoms with Crippen LogP contribution in [0.3, 0.4) is 0 Å². The topological polar surface area (TPSA) is 39.2 Å². The van der Waals surface area contributed by atoms with Crippen molar-refractivity contribution in [3.05, 3.63) is 40.4 Å². The van der Waals surface area contributed by atoms with E-state index in [2.05, 4.69) is 38.9 Å². The lowest BCUT2D eigenvalue weighted by molar-refractivity contribution is 0.0663. The highest BCUT2D eigenvalue weighted by molar-refractivity contribution is 14.1. The van der Waals surface area contributed by atoms with Gasteiger partial charge in [0, 0.05) is 16.0 Å². The molecule has 3 nitrogen and oxygen atoms in total. The van der Waals surface area contributed by atoms with Crippen molar-refractivity contribution in [3.63, 3.8) is 0 Å². The second-order valence-electron chi connectivity index (χ2n) is 1.96. The highest BCUT2D eigenvalue weighted by Crippen LogP contribution is 2.06. The molecule has 0 atom stereocenters. The summed E-state index contributed by atoms with van der Waals surface area (Å²) in [6, 6.07) is 1.69. The summed E-state index contributed by atoms with van der Waals surface area (Å²) < 4.78 is 5.46. The van der Waals surface area contributed by atoms with Gasteiger partial charge in [-0.2, -0.15) is 0 Å². The van der Waals surface area contributed by atoms with E-state index in [-0.39, 0.29) is 0 Å². The summed E-state index contributed by atoms with van der Waals surface area (Å²) in [5.41, 5.74) is 0.432. The first-order valence-electron chi connectivity index (χ1n) is 3.16. The van der Waals surface area contributed by atoms with Crippen LogP contribution in [0.2, 0.25) is 0 Å². The third-order valence-corrected chi connectivity index (χ3v) is 1.72. The molecule has 0 N–H and O–H groups in total. The number of hydrogen-bond donors (Lipinski definition) is 0. The van der Waals surface area contributed by atoms with E-state index in [1.807, 2.05) is 0 Å². The zero-order valence-electron chi connectivity index (χ0n) is 6.16. The van der Waals surface area contributed by atoms with Gasteiger partial charge in [-0.15, -0.1) is 0 Å². The maximum Gasteiger partial charge on any atom is 0.344 e. The summed E-state index contributed by atoms with van der Waals surface area (Å²) in [5.74, 6) is -0.434. The van der Waals surface area contributed by atoms with E-state index < -0.39 is 5.97 Å². The third kappa shape index (κ3) is 2.30. The Balaban J connectivity index is 2.87.